The van der Waals surface area contributed by atoms with E-state index >= 15 is 0 Å². The monoisotopic (exact) mass is 394 g/mol. The molecule has 0 amide bonds. The van der Waals surface area contributed by atoms with Gasteiger partial charge in [0.05, 0.1) is 11.4 Å². The topological polar surface area (TPSA) is 81.7 Å². The second kappa shape index (κ2) is 6.24. The largest absolute Gasteiger partial charge is 0.338 e. The van der Waals surface area contributed by atoms with Crippen LogP contribution in [0.5, 0.6) is 0 Å². The van der Waals surface area contributed by atoms with Gasteiger partial charge in [0, 0.05) is 22.9 Å². The summed E-state index contributed by atoms with van der Waals surface area (Å²) in [7, 11) is 0. The first-order valence-electron chi connectivity index (χ1n) is 10.3. The lowest BCUT2D eigenvalue weighted by Gasteiger charge is -2.38. The number of hydrogen-bond acceptors (Lipinski definition) is 5. The minimum Gasteiger partial charge on any atom is -0.338 e. The Bertz CT molecular complexity index is 1270. The fourth-order valence-corrected chi connectivity index (χ4v) is 4.43. The van der Waals surface area contributed by atoms with Gasteiger partial charge in [0.25, 0.3) is 0 Å². The standard InChI is InChI=1S/C24H22N6/c1-15-5-10-18-19(14-15)27-21-20(4-2-13-26-21)30-22(28-29-23(18)30)16-6-8-17(9-7-16)24(25)11-3-12-24/h2,4-10,13-14H,3,11-12,25H2,1H3,(H,26,27). The molecule has 3 heterocycles. The van der Waals surface area contributed by atoms with Gasteiger partial charge in [-0.3, -0.25) is 4.57 Å². The molecule has 0 radical (unpaired) electrons. The minimum atomic E-state index is -0.169. The number of rotatable bonds is 2. The predicted octanol–water partition coefficient (Wildman–Crippen LogP) is 4.70. The van der Waals surface area contributed by atoms with Gasteiger partial charge < -0.3 is 11.1 Å². The van der Waals surface area contributed by atoms with Crippen LogP contribution in [-0.4, -0.2) is 19.7 Å². The molecule has 0 atom stereocenters. The SMILES string of the molecule is Cc1ccc2c(c1)Nc1ncccc1-n1c(-c3ccc(C4(N)CCC4)cc3)nnc1-2. The number of hydrogen-bond donors (Lipinski definition) is 2. The third kappa shape index (κ3) is 2.50. The summed E-state index contributed by atoms with van der Waals surface area (Å²) in [6, 6.07) is 18.7. The molecule has 6 rings (SSSR count). The van der Waals surface area contributed by atoms with Crippen molar-refractivity contribution in [2.75, 3.05) is 5.32 Å². The Kier molecular flexibility index (Phi) is 3.61. The molecule has 0 bridgehead atoms. The van der Waals surface area contributed by atoms with Crippen molar-refractivity contribution in [3.63, 3.8) is 0 Å². The summed E-state index contributed by atoms with van der Waals surface area (Å²) < 4.78 is 2.09. The third-order valence-electron chi connectivity index (χ3n) is 6.32. The van der Waals surface area contributed by atoms with Crippen LogP contribution in [0.2, 0.25) is 0 Å². The van der Waals surface area contributed by atoms with Crippen LogP contribution in [0.4, 0.5) is 11.5 Å². The maximum Gasteiger partial charge on any atom is 0.171 e. The molecule has 6 nitrogen and oxygen atoms in total. The second-order valence-electron chi connectivity index (χ2n) is 8.31. The lowest BCUT2D eigenvalue weighted by molar-refractivity contribution is 0.253. The van der Waals surface area contributed by atoms with E-state index < -0.39 is 0 Å². The summed E-state index contributed by atoms with van der Waals surface area (Å²) in [5.74, 6) is 2.38. The van der Waals surface area contributed by atoms with E-state index in [1.807, 2.05) is 12.1 Å². The van der Waals surface area contributed by atoms with Crippen LogP contribution in [0.25, 0.3) is 28.5 Å². The van der Waals surface area contributed by atoms with Gasteiger partial charge in [0.15, 0.2) is 17.5 Å². The third-order valence-corrected chi connectivity index (χ3v) is 6.32. The van der Waals surface area contributed by atoms with Crippen LogP contribution < -0.4 is 11.1 Å². The molecule has 148 valence electrons. The fraction of sp³-hybridized carbons (Fsp3) is 0.208. The highest BCUT2D eigenvalue weighted by Gasteiger charge is 2.34. The molecule has 4 aromatic rings. The van der Waals surface area contributed by atoms with Crippen molar-refractivity contribution in [3.8, 4) is 28.5 Å². The average Bonchev–Trinajstić information content (AvgIpc) is 3.12. The molecule has 0 saturated heterocycles. The van der Waals surface area contributed by atoms with Crippen LogP contribution in [0.3, 0.4) is 0 Å². The van der Waals surface area contributed by atoms with E-state index in [-0.39, 0.29) is 5.54 Å². The van der Waals surface area contributed by atoms with Crippen molar-refractivity contribution in [1.82, 2.24) is 19.7 Å². The molecule has 3 N–H and O–H groups in total. The van der Waals surface area contributed by atoms with E-state index in [4.69, 9.17) is 5.73 Å². The zero-order chi connectivity index (χ0) is 20.3. The number of nitrogens with zero attached hydrogens (tertiary/aromatic N) is 4. The predicted molar refractivity (Wildman–Crippen MR) is 118 cm³/mol. The van der Waals surface area contributed by atoms with Crippen molar-refractivity contribution in [2.24, 2.45) is 5.73 Å². The van der Waals surface area contributed by atoms with Gasteiger partial charge in [-0.2, -0.15) is 0 Å². The maximum atomic E-state index is 6.50. The van der Waals surface area contributed by atoms with E-state index in [1.54, 1.807) is 6.20 Å². The van der Waals surface area contributed by atoms with Crippen LogP contribution >= 0.6 is 0 Å². The number of fused-ring (bicyclic) bond motifs is 5. The average molecular weight is 394 g/mol. The highest BCUT2D eigenvalue weighted by molar-refractivity contribution is 5.85. The summed E-state index contributed by atoms with van der Waals surface area (Å²) >= 11 is 0. The highest BCUT2D eigenvalue weighted by atomic mass is 15.3. The molecule has 0 spiro atoms. The molecule has 1 saturated carbocycles. The lowest BCUT2D eigenvalue weighted by atomic mass is 9.73. The van der Waals surface area contributed by atoms with Crippen LogP contribution in [0, 0.1) is 6.92 Å². The summed E-state index contributed by atoms with van der Waals surface area (Å²) in [5, 5.41) is 12.6. The first kappa shape index (κ1) is 17.4. The number of nitrogens with two attached hydrogens (primary N) is 1. The van der Waals surface area contributed by atoms with Crippen molar-refractivity contribution >= 4 is 11.5 Å². The first-order chi connectivity index (χ1) is 14.6. The van der Waals surface area contributed by atoms with Gasteiger partial charge in [-0.25, -0.2) is 4.98 Å². The lowest BCUT2D eigenvalue weighted by Crippen LogP contribution is -2.43. The number of anilines is 2. The number of benzene rings is 2. The Morgan fingerprint density at radius 3 is 2.57 bits per heavy atom. The molecule has 0 unspecified atom stereocenters. The smallest absolute Gasteiger partial charge is 0.171 e. The van der Waals surface area contributed by atoms with Gasteiger partial charge in [-0.1, -0.05) is 30.3 Å². The number of nitrogens with one attached hydrogen (secondary N) is 1. The Hall–Kier alpha value is -3.51. The molecular weight excluding hydrogens is 372 g/mol. The summed E-state index contributed by atoms with van der Waals surface area (Å²) in [6.07, 6.45) is 5.09. The van der Waals surface area contributed by atoms with Crippen molar-refractivity contribution < 1.29 is 0 Å². The van der Waals surface area contributed by atoms with Gasteiger partial charge in [0.2, 0.25) is 0 Å². The van der Waals surface area contributed by atoms with Gasteiger partial charge in [0.1, 0.15) is 0 Å². The summed E-state index contributed by atoms with van der Waals surface area (Å²) in [5.41, 5.74) is 12.6. The van der Waals surface area contributed by atoms with Crippen LogP contribution in [0.15, 0.2) is 60.8 Å². The Labute approximate surface area is 174 Å². The summed E-state index contributed by atoms with van der Waals surface area (Å²) in [4.78, 5) is 4.58. The van der Waals surface area contributed by atoms with Crippen LogP contribution in [-0.2, 0) is 5.54 Å². The van der Waals surface area contributed by atoms with Crippen LogP contribution in [0.1, 0.15) is 30.4 Å². The number of aromatic nitrogens is 4. The molecule has 1 aliphatic carbocycles. The zero-order valence-corrected chi connectivity index (χ0v) is 16.8. The molecule has 2 aliphatic rings. The van der Waals surface area contributed by atoms with Gasteiger partial charge in [-0.15, -0.1) is 10.2 Å². The first-order valence-corrected chi connectivity index (χ1v) is 10.3. The normalized spacial score (nSPS) is 15.8. The van der Waals surface area contributed by atoms with Crippen molar-refractivity contribution in [2.45, 2.75) is 31.7 Å². The van der Waals surface area contributed by atoms with Crippen molar-refractivity contribution in [3.05, 3.63) is 71.9 Å². The van der Waals surface area contributed by atoms with Gasteiger partial charge >= 0.3 is 0 Å². The number of aryl methyl sites for hydroxylation is 1. The Morgan fingerprint density at radius 1 is 1.00 bits per heavy atom. The molecule has 1 fully saturated rings. The zero-order valence-electron chi connectivity index (χ0n) is 16.8. The quantitative estimate of drug-likeness (QED) is 0.454. The highest BCUT2D eigenvalue weighted by Crippen LogP contribution is 2.41. The van der Waals surface area contributed by atoms with Gasteiger partial charge in [-0.05, 0) is 61.6 Å². The molecule has 6 heteroatoms. The van der Waals surface area contributed by atoms with Crippen molar-refractivity contribution in [1.29, 1.82) is 0 Å². The molecule has 2 aromatic carbocycles. The minimum absolute atomic E-state index is 0.169. The van der Waals surface area contributed by atoms with E-state index in [0.717, 1.165) is 52.8 Å². The molecule has 30 heavy (non-hydrogen) atoms. The Balaban J connectivity index is 1.54. The van der Waals surface area contributed by atoms with E-state index in [2.05, 4.69) is 74.5 Å². The molecular formula is C24H22N6. The number of pyridine rings is 1. The second-order valence-corrected chi connectivity index (χ2v) is 8.31. The fourth-order valence-electron chi connectivity index (χ4n) is 4.43. The Morgan fingerprint density at radius 2 is 1.80 bits per heavy atom. The van der Waals surface area contributed by atoms with E-state index in [0.29, 0.717) is 0 Å². The maximum absolute atomic E-state index is 6.50. The van der Waals surface area contributed by atoms with E-state index in [9.17, 15) is 0 Å². The molecule has 2 aromatic heterocycles. The van der Waals surface area contributed by atoms with E-state index in [1.165, 1.54) is 17.5 Å². The molecule has 1 aliphatic heterocycles. The summed E-state index contributed by atoms with van der Waals surface area (Å²) in [6.45, 7) is 2.08.